The Hall–Kier alpha value is -0.0200. The standard InChI is InChI=1S/C10H20O10S2/c11-1-5(13)10-9(16)7(15)4-21(10)3-6(14)8(2-12)20-22(17,18)19/h5-16H,1-4H2/t5-,6-,7-,8+,9+,10-,21?/m0/s1. The molecule has 1 rings (SSSR count). The lowest BCUT2D eigenvalue weighted by atomic mass is 10.1. The highest BCUT2D eigenvalue weighted by molar-refractivity contribution is 7.97. The van der Waals surface area contributed by atoms with Gasteiger partial charge in [0.1, 0.15) is 42.0 Å². The Kier molecular flexibility index (Phi) is 7.45. The third kappa shape index (κ3) is 5.26. The molecule has 0 bridgehead atoms. The minimum atomic E-state index is -5.13. The van der Waals surface area contributed by atoms with Crippen LogP contribution in [0.5, 0.6) is 0 Å². The summed E-state index contributed by atoms with van der Waals surface area (Å²) in [4.78, 5) is 0. The van der Waals surface area contributed by atoms with Crippen molar-refractivity contribution in [3.8, 4) is 0 Å². The largest absolute Gasteiger partial charge is 0.726 e. The highest BCUT2D eigenvalue weighted by Gasteiger charge is 2.54. The van der Waals surface area contributed by atoms with Crippen LogP contribution in [0.4, 0.5) is 0 Å². The van der Waals surface area contributed by atoms with E-state index in [4.69, 9.17) is 10.2 Å². The molecule has 0 aromatic carbocycles. The fourth-order valence-corrected chi connectivity index (χ4v) is 5.74. The highest BCUT2D eigenvalue weighted by Crippen LogP contribution is 2.28. The van der Waals surface area contributed by atoms with E-state index in [2.05, 4.69) is 4.18 Å². The van der Waals surface area contributed by atoms with Crippen LogP contribution >= 0.6 is 0 Å². The van der Waals surface area contributed by atoms with Crippen molar-refractivity contribution in [1.29, 1.82) is 0 Å². The lowest BCUT2D eigenvalue weighted by Gasteiger charge is -2.24. The molecule has 12 heteroatoms. The van der Waals surface area contributed by atoms with Gasteiger partial charge in [0.25, 0.3) is 0 Å². The molecule has 1 aliphatic heterocycles. The van der Waals surface area contributed by atoms with Gasteiger partial charge in [0.15, 0.2) is 5.25 Å². The van der Waals surface area contributed by atoms with Gasteiger partial charge in [0.05, 0.1) is 13.2 Å². The molecular weight excluding hydrogens is 344 g/mol. The van der Waals surface area contributed by atoms with Crippen molar-refractivity contribution >= 4 is 21.3 Å². The highest BCUT2D eigenvalue weighted by atomic mass is 32.3. The Morgan fingerprint density at radius 2 is 1.82 bits per heavy atom. The summed E-state index contributed by atoms with van der Waals surface area (Å²) < 4.78 is 35.6. The van der Waals surface area contributed by atoms with Gasteiger partial charge in [-0.2, -0.15) is 0 Å². The van der Waals surface area contributed by atoms with Gasteiger partial charge in [-0.15, -0.1) is 0 Å². The van der Waals surface area contributed by atoms with E-state index >= 15 is 0 Å². The van der Waals surface area contributed by atoms with Gasteiger partial charge in [-0.3, -0.25) is 4.18 Å². The average Bonchev–Trinajstić information content (AvgIpc) is 2.69. The van der Waals surface area contributed by atoms with E-state index < -0.39 is 70.3 Å². The molecule has 1 heterocycles. The van der Waals surface area contributed by atoms with Crippen LogP contribution < -0.4 is 0 Å². The molecular formula is C10H20O10S2. The number of rotatable bonds is 8. The van der Waals surface area contributed by atoms with Crippen LogP contribution in [0.1, 0.15) is 0 Å². The van der Waals surface area contributed by atoms with Gasteiger partial charge in [-0.25, -0.2) is 8.42 Å². The van der Waals surface area contributed by atoms with Crippen molar-refractivity contribution in [2.75, 3.05) is 24.7 Å². The third-order valence-corrected chi connectivity index (χ3v) is 6.69. The normalized spacial score (nSPS) is 33.6. The van der Waals surface area contributed by atoms with Crippen LogP contribution in [0.3, 0.4) is 0 Å². The SMILES string of the molecule is O=S(=O)([O-])O[C@H](CO)[C@@H](O)C[S+]1C[C@H](O)[C@@H](O)[C@@H]1[C@@H](O)CO. The molecule has 0 spiro atoms. The van der Waals surface area contributed by atoms with Crippen molar-refractivity contribution in [3.63, 3.8) is 0 Å². The predicted octanol–water partition coefficient (Wildman–Crippen LogP) is -4.74. The zero-order valence-corrected chi connectivity index (χ0v) is 13.1. The minimum absolute atomic E-state index is 0.0161. The predicted molar refractivity (Wildman–Crippen MR) is 73.7 cm³/mol. The molecule has 1 unspecified atom stereocenters. The summed E-state index contributed by atoms with van der Waals surface area (Å²) in [5.41, 5.74) is 0. The number of aliphatic hydroxyl groups excluding tert-OH is 6. The Morgan fingerprint density at radius 1 is 1.23 bits per heavy atom. The van der Waals surface area contributed by atoms with Crippen molar-refractivity contribution in [2.24, 2.45) is 0 Å². The van der Waals surface area contributed by atoms with Crippen LogP contribution in [0.25, 0.3) is 0 Å². The molecule has 0 amide bonds. The molecule has 132 valence electrons. The number of hydrogen-bond acceptors (Lipinski definition) is 10. The van der Waals surface area contributed by atoms with Gasteiger partial charge in [0, 0.05) is 10.9 Å². The summed E-state index contributed by atoms with van der Waals surface area (Å²) in [6.45, 7) is -1.60. The van der Waals surface area contributed by atoms with Crippen molar-refractivity contribution in [3.05, 3.63) is 0 Å². The minimum Gasteiger partial charge on any atom is -0.726 e. The fraction of sp³-hybridized carbons (Fsp3) is 1.00. The maximum Gasteiger partial charge on any atom is 0.218 e. The first-order valence-electron chi connectivity index (χ1n) is 6.35. The second-order valence-corrected chi connectivity index (χ2v) is 8.23. The van der Waals surface area contributed by atoms with E-state index in [1.165, 1.54) is 0 Å². The van der Waals surface area contributed by atoms with E-state index in [0.29, 0.717) is 0 Å². The summed E-state index contributed by atoms with van der Waals surface area (Å²) in [6.07, 6.45) is -7.06. The summed E-state index contributed by atoms with van der Waals surface area (Å²) in [5, 5.41) is 56.1. The average molecular weight is 364 g/mol. The van der Waals surface area contributed by atoms with Crippen molar-refractivity contribution in [1.82, 2.24) is 0 Å². The second kappa shape index (κ2) is 8.19. The van der Waals surface area contributed by atoms with Crippen LogP contribution in [0.15, 0.2) is 0 Å². The van der Waals surface area contributed by atoms with Crippen molar-refractivity contribution in [2.45, 2.75) is 35.8 Å². The van der Waals surface area contributed by atoms with Gasteiger partial charge in [0.2, 0.25) is 10.4 Å². The van der Waals surface area contributed by atoms with Crippen LogP contribution in [0.2, 0.25) is 0 Å². The fourth-order valence-electron chi connectivity index (χ4n) is 2.27. The molecule has 0 saturated carbocycles. The third-order valence-electron chi connectivity index (χ3n) is 3.30. The van der Waals surface area contributed by atoms with E-state index in [1.54, 1.807) is 0 Å². The molecule has 22 heavy (non-hydrogen) atoms. The molecule has 0 aromatic rings. The van der Waals surface area contributed by atoms with Crippen molar-refractivity contribution < 1.29 is 47.8 Å². The lowest BCUT2D eigenvalue weighted by Crippen LogP contribution is -2.46. The lowest BCUT2D eigenvalue weighted by molar-refractivity contribution is -0.000108. The van der Waals surface area contributed by atoms with Crippen LogP contribution in [-0.4, -0.2) is 104 Å². The Balaban J connectivity index is 2.77. The summed E-state index contributed by atoms with van der Waals surface area (Å²) in [5.74, 6) is -0.210. The maximum atomic E-state index is 10.5. The second-order valence-electron chi connectivity index (χ2n) is 4.94. The summed E-state index contributed by atoms with van der Waals surface area (Å²) in [7, 11) is -6.11. The molecule has 7 atom stereocenters. The summed E-state index contributed by atoms with van der Waals surface area (Å²) >= 11 is 0. The quantitative estimate of drug-likeness (QED) is 0.139. The molecule has 10 nitrogen and oxygen atoms in total. The molecule has 0 aliphatic carbocycles. The Labute approximate surface area is 130 Å². The first-order valence-corrected chi connectivity index (χ1v) is 9.31. The molecule has 0 radical (unpaired) electrons. The van der Waals surface area contributed by atoms with Crippen LogP contribution in [-0.2, 0) is 25.5 Å². The van der Waals surface area contributed by atoms with E-state index in [-0.39, 0.29) is 11.5 Å². The Bertz CT molecular complexity index is 443. The monoisotopic (exact) mass is 364 g/mol. The topological polar surface area (TPSA) is 188 Å². The first kappa shape index (κ1) is 20.0. The maximum absolute atomic E-state index is 10.5. The smallest absolute Gasteiger partial charge is 0.218 e. The molecule has 0 aromatic heterocycles. The summed E-state index contributed by atoms with van der Waals surface area (Å²) in [6, 6.07) is 0. The molecule has 6 N–H and O–H groups in total. The Morgan fingerprint density at radius 3 is 2.27 bits per heavy atom. The molecule has 1 aliphatic rings. The van der Waals surface area contributed by atoms with Gasteiger partial charge >= 0.3 is 0 Å². The number of hydrogen-bond donors (Lipinski definition) is 6. The van der Waals surface area contributed by atoms with Crippen LogP contribution in [0, 0.1) is 0 Å². The van der Waals surface area contributed by atoms with E-state index in [1.807, 2.05) is 0 Å². The zero-order valence-electron chi connectivity index (χ0n) is 11.4. The zero-order chi connectivity index (χ0) is 17.1. The number of aliphatic hydroxyl groups is 6. The van der Waals surface area contributed by atoms with Gasteiger partial charge < -0.3 is 35.2 Å². The van der Waals surface area contributed by atoms with Gasteiger partial charge in [-0.1, -0.05) is 0 Å². The molecule has 1 saturated heterocycles. The molecule has 1 fully saturated rings. The van der Waals surface area contributed by atoms with Gasteiger partial charge in [-0.05, 0) is 0 Å². The van der Waals surface area contributed by atoms with E-state index in [9.17, 15) is 33.4 Å². The first-order chi connectivity index (χ1) is 10.1. The van der Waals surface area contributed by atoms with E-state index in [0.717, 1.165) is 0 Å².